The summed E-state index contributed by atoms with van der Waals surface area (Å²) >= 11 is 1.53. The van der Waals surface area contributed by atoms with E-state index < -0.39 is 0 Å². The maximum Gasteiger partial charge on any atom is 0.186 e. The number of aromatic nitrogens is 1. The van der Waals surface area contributed by atoms with Crippen LogP contribution in [0.15, 0.2) is 0 Å². The first-order valence-corrected chi connectivity index (χ1v) is 6.92. The van der Waals surface area contributed by atoms with Crippen LogP contribution >= 0.6 is 11.3 Å². The van der Waals surface area contributed by atoms with Crippen LogP contribution in [-0.2, 0) is 4.74 Å². The monoisotopic (exact) mass is 252 g/mol. The number of anilines is 1. The highest BCUT2D eigenvalue weighted by Crippen LogP contribution is 2.43. The van der Waals surface area contributed by atoms with Gasteiger partial charge in [-0.05, 0) is 19.8 Å². The number of carbonyl (C=O) groups excluding carboxylic acids is 1. The van der Waals surface area contributed by atoms with Gasteiger partial charge < -0.3 is 9.64 Å². The van der Waals surface area contributed by atoms with E-state index in [1.165, 1.54) is 24.2 Å². The molecule has 0 spiro atoms. The van der Waals surface area contributed by atoms with Crippen molar-refractivity contribution in [3.63, 3.8) is 0 Å². The van der Waals surface area contributed by atoms with E-state index in [-0.39, 0.29) is 6.10 Å². The SMILES string of the molecule is CC1CN(c2nc(C3CC3)c(C=O)s2)CCO1. The Hall–Kier alpha value is -0.940. The Morgan fingerprint density at radius 1 is 1.53 bits per heavy atom. The second kappa shape index (κ2) is 4.38. The van der Waals surface area contributed by atoms with E-state index in [9.17, 15) is 4.79 Å². The first-order chi connectivity index (χ1) is 8.28. The average Bonchev–Trinajstić information content (AvgIpc) is 3.08. The van der Waals surface area contributed by atoms with Crippen molar-refractivity contribution >= 4 is 22.8 Å². The average molecular weight is 252 g/mol. The molecule has 0 N–H and O–H groups in total. The molecule has 1 aliphatic heterocycles. The van der Waals surface area contributed by atoms with E-state index in [1.54, 1.807) is 0 Å². The van der Waals surface area contributed by atoms with Gasteiger partial charge in [-0.25, -0.2) is 4.98 Å². The molecule has 2 fully saturated rings. The largest absolute Gasteiger partial charge is 0.375 e. The maximum absolute atomic E-state index is 11.0. The van der Waals surface area contributed by atoms with Crippen molar-refractivity contribution in [1.29, 1.82) is 0 Å². The molecule has 1 unspecified atom stereocenters. The summed E-state index contributed by atoms with van der Waals surface area (Å²) in [6, 6.07) is 0. The predicted molar refractivity (Wildman–Crippen MR) is 67.1 cm³/mol. The van der Waals surface area contributed by atoms with Gasteiger partial charge >= 0.3 is 0 Å². The summed E-state index contributed by atoms with van der Waals surface area (Å²) in [4.78, 5) is 18.8. The Labute approximate surface area is 105 Å². The zero-order chi connectivity index (χ0) is 11.8. The van der Waals surface area contributed by atoms with Gasteiger partial charge in [-0.2, -0.15) is 0 Å². The molecule has 1 aromatic heterocycles. The normalized spacial score (nSPS) is 25.0. The number of ether oxygens (including phenoxy) is 1. The highest BCUT2D eigenvalue weighted by Gasteiger charge is 2.31. The molecule has 0 amide bonds. The summed E-state index contributed by atoms with van der Waals surface area (Å²) in [5.74, 6) is 0.540. The third-order valence-corrected chi connectivity index (χ3v) is 4.31. The van der Waals surface area contributed by atoms with Gasteiger partial charge in [0.2, 0.25) is 0 Å². The lowest BCUT2D eigenvalue weighted by Gasteiger charge is -2.30. The number of carbonyl (C=O) groups is 1. The maximum atomic E-state index is 11.0. The summed E-state index contributed by atoms with van der Waals surface area (Å²) in [6.07, 6.45) is 3.57. The lowest BCUT2D eigenvalue weighted by atomic mass is 10.3. The lowest BCUT2D eigenvalue weighted by molar-refractivity contribution is 0.0532. The zero-order valence-corrected chi connectivity index (χ0v) is 10.7. The molecule has 1 atom stereocenters. The second-order valence-corrected chi connectivity index (χ2v) is 5.77. The number of hydrogen-bond acceptors (Lipinski definition) is 5. The Balaban J connectivity index is 1.84. The lowest BCUT2D eigenvalue weighted by Crippen LogP contribution is -2.41. The standard InChI is InChI=1S/C12H16N2O2S/c1-8-6-14(4-5-16-8)12-13-11(9-2-3-9)10(7-15)17-12/h7-9H,2-6H2,1H3. The van der Waals surface area contributed by atoms with Gasteiger partial charge in [-0.1, -0.05) is 11.3 Å². The fraction of sp³-hybridized carbons (Fsp3) is 0.667. The quantitative estimate of drug-likeness (QED) is 0.772. The molecule has 5 heteroatoms. The Kier molecular flexibility index (Phi) is 2.88. The Morgan fingerprint density at radius 3 is 3.00 bits per heavy atom. The zero-order valence-electron chi connectivity index (χ0n) is 9.89. The molecule has 1 saturated heterocycles. The van der Waals surface area contributed by atoms with Gasteiger partial charge in [-0.15, -0.1) is 0 Å². The first-order valence-electron chi connectivity index (χ1n) is 6.10. The predicted octanol–water partition coefficient (Wildman–Crippen LogP) is 2.06. The van der Waals surface area contributed by atoms with Crippen molar-refractivity contribution < 1.29 is 9.53 Å². The Morgan fingerprint density at radius 2 is 2.35 bits per heavy atom. The van der Waals surface area contributed by atoms with Crippen molar-refractivity contribution in [1.82, 2.24) is 4.98 Å². The van der Waals surface area contributed by atoms with Crippen LogP contribution in [0.5, 0.6) is 0 Å². The topological polar surface area (TPSA) is 42.4 Å². The molecule has 1 saturated carbocycles. The van der Waals surface area contributed by atoms with Crippen LogP contribution in [0.4, 0.5) is 5.13 Å². The van der Waals surface area contributed by atoms with E-state index in [2.05, 4.69) is 16.8 Å². The van der Waals surface area contributed by atoms with Crippen LogP contribution < -0.4 is 4.90 Å². The van der Waals surface area contributed by atoms with Gasteiger partial charge in [0, 0.05) is 19.0 Å². The van der Waals surface area contributed by atoms with Crippen molar-refractivity contribution in [3.8, 4) is 0 Å². The minimum Gasteiger partial charge on any atom is -0.375 e. The fourth-order valence-electron chi connectivity index (χ4n) is 2.19. The van der Waals surface area contributed by atoms with E-state index in [0.717, 1.165) is 41.7 Å². The summed E-state index contributed by atoms with van der Waals surface area (Å²) in [7, 11) is 0. The minimum atomic E-state index is 0.247. The van der Waals surface area contributed by atoms with Gasteiger partial charge in [0.25, 0.3) is 0 Å². The van der Waals surface area contributed by atoms with Crippen molar-refractivity contribution in [3.05, 3.63) is 10.6 Å². The molecule has 0 aromatic carbocycles. The van der Waals surface area contributed by atoms with Crippen LogP contribution in [0, 0.1) is 0 Å². The van der Waals surface area contributed by atoms with Crippen molar-refractivity contribution in [2.75, 3.05) is 24.6 Å². The van der Waals surface area contributed by atoms with Gasteiger partial charge in [0.1, 0.15) is 0 Å². The number of aldehydes is 1. The summed E-state index contributed by atoms with van der Waals surface area (Å²) < 4.78 is 5.52. The number of thiazole rings is 1. The molecule has 3 rings (SSSR count). The smallest absolute Gasteiger partial charge is 0.186 e. The fourth-order valence-corrected chi connectivity index (χ4v) is 3.19. The molecule has 2 heterocycles. The summed E-state index contributed by atoms with van der Waals surface area (Å²) in [5.41, 5.74) is 1.03. The number of nitrogens with zero attached hydrogens (tertiary/aromatic N) is 2. The molecule has 0 radical (unpaired) electrons. The number of morpholine rings is 1. The minimum absolute atomic E-state index is 0.247. The van der Waals surface area contributed by atoms with E-state index in [1.807, 2.05) is 0 Å². The molecular weight excluding hydrogens is 236 g/mol. The van der Waals surface area contributed by atoms with Crippen LogP contribution in [0.2, 0.25) is 0 Å². The molecule has 4 nitrogen and oxygen atoms in total. The van der Waals surface area contributed by atoms with E-state index in [0.29, 0.717) is 5.92 Å². The van der Waals surface area contributed by atoms with Gasteiger partial charge in [0.15, 0.2) is 11.4 Å². The van der Waals surface area contributed by atoms with Gasteiger partial charge in [-0.3, -0.25) is 4.79 Å². The second-order valence-electron chi connectivity index (χ2n) is 4.77. The van der Waals surface area contributed by atoms with E-state index >= 15 is 0 Å². The summed E-state index contributed by atoms with van der Waals surface area (Å²) in [6.45, 7) is 4.56. The highest BCUT2D eigenvalue weighted by molar-refractivity contribution is 7.17. The van der Waals surface area contributed by atoms with Crippen molar-refractivity contribution in [2.24, 2.45) is 0 Å². The number of rotatable bonds is 3. The third kappa shape index (κ3) is 2.21. The molecule has 0 bridgehead atoms. The summed E-state index contributed by atoms with van der Waals surface area (Å²) in [5, 5.41) is 0.990. The molecule has 92 valence electrons. The van der Waals surface area contributed by atoms with Crippen LogP contribution in [0.25, 0.3) is 0 Å². The molecule has 1 aliphatic carbocycles. The van der Waals surface area contributed by atoms with Crippen LogP contribution in [0.3, 0.4) is 0 Å². The molecule has 2 aliphatic rings. The van der Waals surface area contributed by atoms with Crippen LogP contribution in [0.1, 0.15) is 41.0 Å². The van der Waals surface area contributed by atoms with Crippen molar-refractivity contribution in [2.45, 2.75) is 31.8 Å². The molecule has 17 heavy (non-hydrogen) atoms. The third-order valence-electron chi connectivity index (χ3n) is 3.25. The first kappa shape index (κ1) is 11.2. The van der Waals surface area contributed by atoms with E-state index in [4.69, 9.17) is 4.74 Å². The van der Waals surface area contributed by atoms with Crippen LogP contribution in [-0.4, -0.2) is 37.1 Å². The molecule has 1 aromatic rings. The Bertz CT molecular complexity index is 428. The highest BCUT2D eigenvalue weighted by atomic mass is 32.1. The van der Waals surface area contributed by atoms with Gasteiger partial charge in [0.05, 0.1) is 23.3 Å². The molecular formula is C12H16N2O2S. The number of hydrogen-bond donors (Lipinski definition) is 0.